The van der Waals surface area contributed by atoms with Gasteiger partial charge < -0.3 is 42.1 Å². The van der Waals surface area contributed by atoms with Crippen molar-refractivity contribution in [2.45, 2.75) is 77.4 Å². The molecule has 7 N–H and O–H groups in total. The summed E-state index contributed by atoms with van der Waals surface area (Å²) in [6.45, 7) is 7.76. The van der Waals surface area contributed by atoms with Gasteiger partial charge in [-0.25, -0.2) is 4.98 Å². The molecule has 3 amide bonds. The zero-order valence-electron chi connectivity index (χ0n) is 30.9. The standard InChI is InChI=1S/C37H45N11O3.C2H6/c1-45-21-30-26(19-40-48(30)24-14-17-47(20-24)32-9-5-8-28(43-32)37(51)46-15-2-3-16-46)25-6-4-7-27(34(25)45)42-29(33(39)36(50)41-23-12-13-23)18-31(38)44-35(49)22-10-11-22;1-2/h4-9,18-19,22-24,42H,2-3,10-17,20-21,38-39H2,1H3,(H,41,50)(H,44,49);1-2H3/b31-18+,33-29+;. The smallest absolute Gasteiger partial charge is 0.272 e. The van der Waals surface area contributed by atoms with Gasteiger partial charge in [-0.05, 0) is 63.1 Å². The summed E-state index contributed by atoms with van der Waals surface area (Å²) in [5.74, 6) is 0.399. The van der Waals surface area contributed by atoms with Gasteiger partial charge in [0.05, 0.1) is 41.5 Å². The fourth-order valence-corrected chi connectivity index (χ4v) is 7.33. The van der Waals surface area contributed by atoms with Gasteiger partial charge in [0.1, 0.15) is 23.0 Å². The van der Waals surface area contributed by atoms with Gasteiger partial charge in [-0.1, -0.05) is 32.0 Å². The molecule has 2 aromatic heterocycles. The minimum Gasteiger partial charge on any atom is -0.393 e. The minimum atomic E-state index is -0.384. The van der Waals surface area contributed by atoms with Crippen molar-refractivity contribution in [1.82, 2.24) is 30.3 Å². The summed E-state index contributed by atoms with van der Waals surface area (Å²) < 4.78 is 2.14. The molecule has 8 rings (SSSR count). The van der Waals surface area contributed by atoms with Crippen molar-refractivity contribution in [3.63, 3.8) is 0 Å². The Balaban J connectivity index is 0.00000214. The number of rotatable bonds is 10. The van der Waals surface area contributed by atoms with Crippen LogP contribution in [0.15, 0.2) is 65.9 Å². The number of hydrogen-bond acceptors (Lipinski definition) is 10. The topological polar surface area (TPSA) is 180 Å². The van der Waals surface area contributed by atoms with E-state index in [1.54, 1.807) is 0 Å². The van der Waals surface area contributed by atoms with Crippen LogP contribution >= 0.6 is 0 Å². The van der Waals surface area contributed by atoms with E-state index >= 15 is 0 Å². The molecule has 4 fully saturated rings. The van der Waals surface area contributed by atoms with E-state index < -0.39 is 0 Å². The Bertz CT molecular complexity index is 1940. The molecule has 280 valence electrons. The number of pyridine rings is 1. The predicted molar refractivity (Wildman–Crippen MR) is 205 cm³/mol. The average Bonchev–Trinajstić information content (AvgIpc) is 4.01. The van der Waals surface area contributed by atoms with Crippen LogP contribution in [0.25, 0.3) is 11.1 Å². The largest absolute Gasteiger partial charge is 0.393 e. The lowest BCUT2D eigenvalue weighted by Crippen LogP contribution is -2.33. The summed E-state index contributed by atoms with van der Waals surface area (Å²) in [6.07, 6.45) is 9.98. The number of nitrogens with two attached hydrogens (primary N) is 2. The Morgan fingerprint density at radius 1 is 0.925 bits per heavy atom. The Kier molecular flexibility index (Phi) is 10.3. The molecule has 14 heteroatoms. The SMILES string of the molecule is CC.CN1Cc2c(cnn2C2CCN(c3cccc(C(=O)N4CCCC4)n3)C2)-c2cccc(NC(/C=C(\N)NC(=O)C3CC3)=C(/N)C(=O)NC3CC3)c21. The van der Waals surface area contributed by atoms with Gasteiger partial charge in [-0.2, -0.15) is 5.10 Å². The highest BCUT2D eigenvalue weighted by Crippen LogP contribution is 2.44. The molecule has 3 aromatic rings. The fraction of sp³-hybridized carbons (Fsp3) is 0.462. The third-order valence-electron chi connectivity index (χ3n) is 10.4. The van der Waals surface area contributed by atoms with Crippen LogP contribution in [0.1, 0.15) is 81.0 Å². The van der Waals surface area contributed by atoms with E-state index in [-0.39, 0.29) is 47.2 Å². The number of amides is 3. The third-order valence-corrected chi connectivity index (χ3v) is 10.4. The minimum absolute atomic E-state index is 0.00783. The highest BCUT2D eigenvalue weighted by Gasteiger charge is 2.33. The number of carbonyl (C=O) groups is 3. The molecule has 2 saturated heterocycles. The van der Waals surface area contributed by atoms with Gasteiger partial charge in [0.25, 0.3) is 11.8 Å². The lowest BCUT2D eigenvalue weighted by Gasteiger charge is -2.31. The molecular formula is C39H51N11O3. The molecule has 0 radical (unpaired) electrons. The molecule has 5 heterocycles. The number of benzene rings is 1. The summed E-state index contributed by atoms with van der Waals surface area (Å²) in [7, 11) is 2.03. The molecule has 1 atom stereocenters. The molecule has 0 spiro atoms. The van der Waals surface area contributed by atoms with Crippen LogP contribution in [0.4, 0.5) is 17.2 Å². The summed E-state index contributed by atoms with van der Waals surface area (Å²) in [4.78, 5) is 49.6. The van der Waals surface area contributed by atoms with Gasteiger partial charge in [0.2, 0.25) is 5.91 Å². The number of para-hydroxylation sites is 1. The zero-order chi connectivity index (χ0) is 37.2. The van der Waals surface area contributed by atoms with Crippen molar-refractivity contribution >= 4 is 34.9 Å². The molecular weight excluding hydrogens is 671 g/mol. The molecule has 53 heavy (non-hydrogen) atoms. The molecule has 5 aliphatic rings. The van der Waals surface area contributed by atoms with E-state index in [4.69, 9.17) is 21.5 Å². The second-order valence-corrected chi connectivity index (χ2v) is 14.3. The Hall–Kier alpha value is -5.53. The molecule has 1 unspecified atom stereocenters. The number of anilines is 3. The first-order valence-electron chi connectivity index (χ1n) is 19.0. The average molecular weight is 722 g/mol. The van der Waals surface area contributed by atoms with Gasteiger partial charge in [-0.3, -0.25) is 19.1 Å². The number of carbonyl (C=O) groups excluding carboxylic acids is 3. The van der Waals surface area contributed by atoms with E-state index in [2.05, 4.69) is 36.5 Å². The van der Waals surface area contributed by atoms with E-state index in [1.807, 2.05) is 62.3 Å². The van der Waals surface area contributed by atoms with Gasteiger partial charge in [0.15, 0.2) is 0 Å². The lowest BCUT2D eigenvalue weighted by molar-refractivity contribution is -0.121. The van der Waals surface area contributed by atoms with Gasteiger partial charge in [-0.15, -0.1) is 0 Å². The van der Waals surface area contributed by atoms with E-state index in [1.165, 1.54) is 6.08 Å². The van der Waals surface area contributed by atoms with Crippen LogP contribution in [-0.4, -0.2) is 76.7 Å². The maximum atomic E-state index is 13.1. The number of fused-ring (bicyclic) bond motifs is 3. The van der Waals surface area contributed by atoms with Crippen molar-refractivity contribution in [1.29, 1.82) is 0 Å². The number of nitrogens with zero attached hydrogens (tertiary/aromatic N) is 6. The molecule has 2 aliphatic carbocycles. The summed E-state index contributed by atoms with van der Waals surface area (Å²) in [6, 6.07) is 11.9. The number of aromatic nitrogens is 3. The lowest BCUT2D eigenvalue weighted by atomic mass is 9.97. The van der Waals surface area contributed by atoms with E-state index in [0.29, 0.717) is 17.9 Å². The number of allylic oxidation sites excluding steroid dienone is 1. The number of hydrogen-bond donors (Lipinski definition) is 5. The molecule has 3 aliphatic heterocycles. The summed E-state index contributed by atoms with van der Waals surface area (Å²) >= 11 is 0. The normalized spacial score (nSPS) is 19.8. The summed E-state index contributed by atoms with van der Waals surface area (Å²) in [5.41, 5.74) is 18.3. The van der Waals surface area contributed by atoms with Crippen molar-refractivity contribution in [3.8, 4) is 11.1 Å². The van der Waals surface area contributed by atoms with Crippen molar-refractivity contribution < 1.29 is 14.4 Å². The van der Waals surface area contributed by atoms with Gasteiger partial charge in [0, 0.05) is 62.4 Å². The maximum absolute atomic E-state index is 13.1. The first kappa shape index (κ1) is 35.9. The number of nitrogens with one attached hydrogen (secondary N) is 3. The highest BCUT2D eigenvalue weighted by atomic mass is 16.2. The third kappa shape index (κ3) is 7.67. The van der Waals surface area contributed by atoms with Crippen LogP contribution < -0.4 is 37.2 Å². The van der Waals surface area contributed by atoms with Crippen LogP contribution in [-0.2, 0) is 16.1 Å². The summed E-state index contributed by atoms with van der Waals surface area (Å²) in [5, 5.41) is 14.0. The van der Waals surface area contributed by atoms with E-state index in [9.17, 15) is 14.4 Å². The molecule has 2 saturated carbocycles. The zero-order valence-corrected chi connectivity index (χ0v) is 30.9. The quantitative estimate of drug-likeness (QED) is 0.153. The molecule has 1 aromatic carbocycles. The predicted octanol–water partition coefficient (Wildman–Crippen LogP) is 3.80. The van der Waals surface area contributed by atoms with Crippen LogP contribution in [0.5, 0.6) is 0 Å². The first-order chi connectivity index (χ1) is 25.7. The second-order valence-electron chi connectivity index (χ2n) is 14.3. The number of likely N-dealkylation sites (tertiary alicyclic amines) is 1. The van der Waals surface area contributed by atoms with Crippen molar-refractivity contribution in [2.75, 3.05) is 48.3 Å². The van der Waals surface area contributed by atoms with Gasteiger partial charge >= 0.3 is 0 Å². The van der Waals surface area contributed by atoms with Crippen molar-refractivity contribution in [2.24, 2.45) is 17.4 Å². The molecule has 0 bridgehead atoms. The van der Waals surface area contributed by atoms with Crippen LogP contribution in [0.2, 0.25) is 0 Å². The Morgan fingerprint density at radius 3 is 2.42 bits per heavy atom. The van der Waals surface area contributed by atoms with Crippen LogP contribution in [0.3, 0.4) is 0 Å². The first-order valence-corrected chi connectivity index (χ1v) is 19.0. The van der Waals surface area contributed by atoms with E-state index in [0.717, 1.165) is 105 Å². The fourth-order valence-electron chi connectivity index (χ4n) is 7.33. The second kappa shape index (κ2) is 15.2. The maximum Gasteiger partial charge on any atom is 0.272 e. The van der Waals surface area contributed by atoms with Crippen molar-refractivity contribution in [3.05, 3.63) is 77.3 Å². The monoisotopic (exact) mass is 721 g/mol. The Morgan fingerprint density at radius 2 is 1.68 bits per heavy atom. The highest BCUT2D eigenvalue weighted by molar-refractivity contribution is 5.96. The van der Waals surface area contributed by atoms with Crippen LogP contribution in [0, 0.1) is 5.92 Å². The Labute approximate surface area is 310 Å². The molecule has 14 nitrogen and oxygen atoms in total.